The number of carbonyl (C=O) groups excluding carboxylic acids is 2. The summed E-state index contributed by atoms with van der Waals surface area (Å²) < 4.78 is 4.86. The number of likely N-dealkylation sites (tertiary alicyclic amines) is 1. The van der Waals surface area contributed by atoms with Gasteiger partial charge in [-0.3, -0.25) is 4.79 Å². The first-order valence-electron chi connectivity index (χ1n) is 6.44. The minimum Gasteiger partial charge on any atom is -0.480 e. The van der Waals surface area contributed by atoms with E-state index in [4.69, 9.17) is 15.6 Å². The minimum atomic E-state index is -1.43. The molecule has 0 spiro atoms. The second kappa shape index (κ2) is 7.08. The molecule has 1 heterocycles. The van der Waals surface area contributed by atoms with Gasteiger partial charge in [-0.15, -0.1) is 0 Å². The van der Waals surface area contributed by atoms with Crippen LogP contribution < -0.4 is 5.73 Å². The van der Waals surface area contributed by atoms with E-state index in [1.165, 1.54) is 0 Å². The van der Waals surface area contributed by atoms with Crippen molar-refractivity contribution in [1.29, 1.82) is 0 Å². The number of esters is 1. The van der Waals surface area contributed by atoms with E-state index in [1.54, 1.807) is 0 Å². The molecule has 1 fully saturated rings. The molecule has 0 aromatic carbocycles. The number of hydrogen-bond acceptors (Lipinski definition) is 5. The molecule has 7 nitrogen and oxygen atoms in total. The van der Waals surface area contributed by atoms with Gasteiger partial charge < -0.3 is 20.5 Å². The molecule has 1 saturated heterocycles. The third-order valence-corrected chi connectivity index (χ3v) is 3.08. The summed E-state index contributed by atoms with van der Waals surface area (Å²) >= 11 is 0. The van der Waals surface area contributed by atoms with Crippen molar-refractivity contribution in [1.82, 2.24) is 4.90 Å². The smallest absolute Gasteiger partial charge is 0.332 e. The summed E-state index contributed by atoms with van der Waals surface area (Å²) in [5, 5.41) is 8.98. The van der Waals surface area contributed by atoms with Crippen LogP contribution >= 0.6 is 0 Å². The number of hydrogen-bond donors (Lipinski definition) is 2. The normalized spacial score (nSPS) is 20.1. The molecule has 0 radical (unpaired) electrons. The van der Waals surface area contributed by atoms with Crippen LogP contribution in [0.5, 0.6) is 0 Å². The topological polar surface area (TPSA) is 110 Å². The Hall–Kier alpha value is -1.63. The van der Waals surface area contributed by atoms with Crippen LogP contribution in [0, 0.1) is 0 Å². The van der Waals surface area contributed by atoms with Crippen molar-refractivity contribution in [3.05, 3.63) is 0 Å². The second-order valence-electron chi connectivity index (χ2n) is 4.53. The first kappa shape index (κ1) is 15.4. The Morgan fingerprint density at radius 1 is 1.47 bits per heavy atom. The Labute approximate surface area is 111 Å². The zero-order valence-electron chi connectivity index (χ0n) is 11.0. The number of nitrogens with zero attached hydrogens (tertiary/aromatic N) is 1. The Balaban J connectivity index is 2.56. The van der Waals surface area contributed by atoms with E-state index in [-0.39, 0.29) is 6.61 Å². The molecule has 108 valence electrons. The molecule has 19 heavy (non-hydrogen) atoms. The van der Waals surface area contributed by atoms with E-state index < -0.39 is 29.9 Å². The SMILES string of the molecule is CCCCOC(=O)C(N)C(=O)N1CCCC1C(=O)O. The highest BCUT2D eigenvalue weighted by Gasteiger charge is 2.38. The van der Waals surface area contributed by atoms with E-state index in [9.17, 15) is 14.4 Å². The van der Waals surface area contributed by atoms with Crippen LogP contribution in [0.15, 0.2) is 0 Å². The summed E-state index contributed by atoms with van der Waals surface area (Å²) in [5.41, 5.74) is 5.53. The number of rotatable bonds is 6. The summed E-state index contributed by atoms with van der Waals surface area (Å²) in [6, 6.07) is -2.32. The molecule has 0 aromatic rings. The van der Waals surface area contributed by atoms with E-state index in [1.807, 2.05) is 6.92 Å². The number of aliphatic carboxylic acids is 1. The molecule has 0 bridgehead atoms. The van der Waals surface area contributed by atoms with Crippen LogP contribution in [0.2, 0.25) is 0 Å². The maximum atomic E-state index is 12.0. The van der Waals surface area contributed by atoms with Gasteiger partial charge in [-0.1, -0.05) is 13.3 Å². The molecule has 0 aliphatic carbocycles. The third kappa shape index (κ3) is 3.92. The molecule has 1 aliphatic heterocycles. The summed E-state index contributed by atoms with van der Waals surface area (Å²) in [5.74, 6) is -2.54. The van der Waals surface area contributed by atoms with Gasteiger partial charge in [0.1, 0.15) is 6.04 Å². The number of ether oxygens (including phenoxy) is 1. The lowest BCUT2D eigenvalue weighted by Crippen LogP contribution is -2.52. The fourth-order valence-corrected chi connectivity index (χ4v) is 1.97. The molecule has 1 aliphatic rings. The maximum Gasteiger partial charge on any atom is 0.332 e. The standard InChI is InChI=1S/C12H20N2O5/c1-2-3-7-19-12(18)9(13)10(15)14-6-4-5-8(14)11(16)17/h8-9H,2-7,13H2,1H3,(H,16,17). The Morgan fingerprint density at radius 2 is 2.16 bits per heavy atom. The van der Waals surface area contributed by atoms with Gasteiger partial charge >= 0.3 is 11.9 Å². The first-order valence-corrected chi connectivity index (χ1v) is 6.44. The van der Waals surface area contributed by atoms with Crippen LogP contribution in [0.25, 0.3) is 0 Å². The van der Waals surface area contributed by atoms with Gasteiger partial charge in [-0.05, 0) is 19.3 Å². The van der Waals surface area contributed by atoms with Crippen molar-refractivity contribution in [3.8, 4) is 0 Å². The monoisotopic (exact) mass is 272 g/mol. The Bertz CT molecular complexity index is 358. The van der Waals surface area contributed by atoms with Gasteiger partial charge in [-0.2, -0.15) is 0 Å². The number of carboxylic acids is 1. The minimum absolute atomic E-state index is 0.221. The molecular weight excluding hydrogens is 252 g/mol. The van der Waals surface area contributed by atoms with E-state index >= 15 is 0 Å². The lowest BCUT2D eigenvalue weighted by Gasteiger charge is -2.23. The zero-order chi connectivity index (χ0) is 14.4. The van der Waals surface area contributed by atoms with Crippen molar-refractivity contribution in [3.63, 3.8) is 0 Å². The lowest BCUT2D eigenvalue weighted by atomic mass is 10.2. The average Bonchev–Trinajstić information content (AvgIpc) is 2.86. The van der Waals surface area contributed by atoms with Gasteiger partial charge in [0.25, 0.3) is 5.91 Å². The van der Waals surface area contributed by atoms with Crippen molar-refractivity contribution in [2.75, 3.05) is 13.2 Å². The number of carboxylic acid groups (broad SMARTS) is 1. The predicted octanol–water partition coefficient (Wildman–Crippen LogP) is -0.267. The molecule has 7 heteroatoms. The highest BCUT2D eigenvalue weighted by atomic mass is 16.5. The van der Waals surface area contributed by atoms with Crippen molar-refractivity contribution in [2.24, 2.45) is 5.73 Å². The third-order valence-electron chi connectivity index (χ3n) is 3.08. The second-order valence-corrected chi connectivity index (χ2v) is 4.53. The number of amides is 1. The van der Waals surface area contributed by atoms with Gasteiger partial charge in [-0.25, -0.2) is 9.59 Å². The lowest BCUT2D eigenvalue weighted by molar-refractivity contribution is -0.155. The molecule has 2 unspecified atom stereocenters. The molecule has 0 saturated carbocycles. The highest BCUT2D eigenvalue weighted by Crippen LogP contribution is 2.18. The predicted molar refractivity (Wildman–Crippen MR) is 66.2 cm³/mol. The Morgan fingerprint density at radius 3 is 2.74 bits per heavy atom. The van der Waals surface area contributed by atoms with E-state index in [0.29, 0.717) is 25.8 Å². The van der Waals surface area contributed by atoms with Crippen molar-refractivity contribution >= 4 is 17.8 Å². The van der Waals surface area contributed by atoms with E-state index in [2.05, 4.69) is 0 Å². The quantitative estimate of drug-likeness (QED) is 0.391. The summed E-state index contributed by atoms with van der Waals surface area (Å²) in [6.45, 7) is 2.48. The van der Waals surface area contributed by atoms with Crippen LogP contribution in [0.3, 0.4) is 0 Å². The number of carbonyl (C=O) groups is 3. The highest BCUT2D eigenvalue weighted by molar-refractivity contribution is 6.03. The largest absolute Gasteiger partial charge is 0.480 e. The average molecular weight is 272 g/mol. The number of unbranched alkanes of at least 4 members (excludes halogenated alkanes) is 1. The van der Waals surface area contributed by atoms with Gasteiger partial charge in [0.15, 0.2) is 6.04 Å². The van der Waals surface area contributed by atoms with Crippen LogP contribution in [0.1, 0.15) is 32.6 Å². The molecule has 3 N–H and O–H groups in total. The fourth-order valence-electron chi connectivity index (χ4n) is 1.97. The fraction of sp³-hybridized carbons (Fsp3) is 0.750. The van der Waals surface area contributed by atoms with Crippen LogP contribution in [0.4, 0.5) is 0 Å². The van der Waals surface area contributed by atoms with Crippen LogP contribution in [-0.2, 0) is 19.1 Å². The Kier molecular flexibility index (Phi) is 5.75. The van der Waals surface area contributed by atoms with Gasteiger partial charge in [0.2, 0.25) is 0 Å². The molecular formula is C12H20N2O5. The summed E-state index contributed by atoms with van der Waals surface area (Å²) in [6.07, 6.45) is 2.55. The van der Waals surface area contributed by atoms with Crippen molar-refractivity contribution in [2.45, 2.75) is 44.7 Å². The summed E-state index contributed by atoms with van der Waals surface area (Å²) in [4.78, 5) is 35.6. The molecule has 2 atom stereocenters. The molecule has 1 amide bonds. The van der Waals surface area contributed by atoms with Gasteiger partial charge in [0, 0.05) is 6.54 Å². The zero-order valence-corrected chi connectivity index (χ0v) is 11.0. The molecule has 0 aromatic heterocycles. The van der Waals surface area contributed by atoms with E-state index in [0.717, 1.165) is 11.3 Å². The van der Waals surface area contributed by atoms with Crippen molar-refractivity contribution < 1.29 is 24.2 Å². The number of nitrogens with two attached hydrogens (primary N) is 1. The van der Waals surface area contributed by atoms with Crippen LogP contribution in [-0.4, -0.2) is 53.1 Å². The maximum absolute atomic E-state index is 12.0. The molecule has 1 rings (SSSR count). The summed E-state index contributed by atoms with van der Waals surface area (Å²) in [7, 11) is 0. The van der Waals surface area contributed by atoms with Gasteiger partial charge in [0.05, 0.1) is 6.61 Å². The first-order chi connectivity index (χ1) is 8.99.